The van der Waals surface area contributed by atoms with Crippen molar-refractivity contribution in [3.05, 3.63) is 35.6 Å². The first kappa shape index (κ1) is 17.9. The van der Waals surface area contributed by atoms with Gasteiger partial charge in [0, 0.05) is 38.5 Å². The van der Waals surface area contributed by atoms with E-state index in [1.54, 1.807) is 24.0 Å². The lowest BCUT2D eigenvalue weighted by atomic mass is 9.89. The fourth-order valence-electron chi connectivity index (χ4n) is 4.13. The molecule has 2 atom stereocenters. The topological polar surface area (TPSA) is 61.4 Å². The number of likely N-dealkylation sites (tertiary alicyclic amines) is 1. The minimum atomic E-state index is -0.267. The van der Waals surface area contributed by atoms with Gasteiger partial charge in [0.2, 0.25) is 11.8 Å². The van der Waals surface area contributed by atoms with Crippen LogP contribution in [-0.4, -0.2) is 41.9 Å². The SMILES string of the molecule is CC(=O)NC1CCC(N[C@H]2CC(=O)N(C)[C@@H]2c2ccc(F)cc2)CC1. The molecule has 0 spiro atoms. The fraction of sp³-hybridized carbons (Fsp3) is 0.579. The Morgan fingerprint density at radius 2 is 1.72 bits per heavy atom. The van der Waals surface area contributed by atoms with E-state index in [0.29, 0.717) is 12.5 Å². The lowest BCUT2D eigenvalue weighted by molar-refractivity contribution is -0.127. The van der Waals surface area contributed by atoms with Crippen molar-refractivity contribution in [2.45, 2.75) is 63.2 Å². The van der Waals surface area contributed by atoms with Gasteiger partial charge in [-0.25, -0.2) is 4.39 Å². The standard InChI is InChI=1S/C19H26FN3O2/c1-12(24)21-15-7-9-16(10-8-15)22-17-11-18(25)23(2)19(17)13-3-5-14(20)6-4-13/h3-6,15-17,19,22H,7-11H2,1-2H3,(H,21,24)/t15?,16?,17-,19+/m0/s1. The van der Waals surface area contributed by atoms with E-state index in [4.69, 9.17) is 0 Å². The average molecular weight is 347 g/mol. The molecule has 0 radical (unpaired) electrons. The van der Waals surface area contributed by atoms with Gasteiger partial charge < -0.3 is 15.5 Å². The van der Waals surface area contributed by atoms with Crippen molar-refractivity contribution in [1.82, 2.24) is 15.5 Å². The Labute approximate surface area is 148 Å². The van der Waals surface area contributed by atoms with Gasteiger partial charge >= 0.3 is 0 Å². The van der Waals surface area contributed by atoms with E-state index in [1.165, 1.54) is 12.1 Å². The van der Waals surface area contributed by atoms with Crippen molar-refractivity contribution in [2.75, 3.05) is 7.05 Å². The first-order valence-corrected chi connectivity index (χ1v) is 8.98. The molecule has 1 aromatic carbocycles. The first-order chi connectivity index (χ1) is 11.9. The van der Waals surface area contributed by atoms with Crippen molar-refractivity contribution in [3.8, 4) is 0 Å². The van der Waals surface area contributed by atoms with E-state index in [1.807, 2.05) is 7.05 Å². The maximum absolute atomic E-state index is 13.2. The van der Waals surface area contributed by atoms with E-state index in [0.717, 1.165) is 31.2 Å². The van der Waals surface area contributed by atoms with Crippen LogP contribution >= 0.6 is 0 Å². The second-order valence-corrected chi connectivity index (χ2v) is 7.23. The molecule has 1 aliphatic heterocycles. The number of hydrogen-bond donors (Lipinski definition) is 2. The van der Waals surface area contributed by atoms with Crippen LogP contribution in [0.3, 0.4) is 0 Å². The second-order valence-electron chi connectivity index (χ2n) is 7.23. The van der Waals surface area contributed by atoms with Gasteiger partial charge in [-0.15, -0.1) is 0 Å². The Bertz CT molecular complexity index is 626. The Balaban J connectivity index is 1.63. The summed E-state index contributed by atoms with van der Waals surface area (Å²) in [5.41, 5.74) is 0.958. The van der Waals surface area contributed by atoms with Gasteiger partial charge in [0.25, 0.3) is 0 Å². The number of rotatable bonds is 4. The summed E-state index contributed by atoms with van der Waals surface area (Å²) in [5.74, 6) is -0.133. The largest absolute Gasteiger partial charge is 0.354 e. The van der Waals surface area contributed by atoms with Gasteiger partial charge in [0.15, 0.2) is 0 Å². The van der Waals surface area contributed by atoms with E-state index in [-0.39, 0.29) is 35.8 Å². The minimum absolute atomic E-state index is 0.0239. The maximum atomic E-state index is 13.2. The number of carbonyl (C=O) groups excluding carboxylic acids is 2. The van der Waals surface area contributed by atoms with Gasteiger partial charge in [-0.1, -0.05) is 12.1 Å². The molecule has 2 fully saturated rings. The summed E-state index contributed by atoms with van der Waals surface area (Å²) in [6.07, 6.45) is 4.33. The van der Waals surface area contributed by atoms with Crippen molar-refractivity contribution < 1.29 is 14.0 Å². The number of likely N-dealkylation sites (N-methyl/N-ethyl adjacent to an activating group) is 1. The number of benzene rings is 1. The third kappa shape index (κ3) is 4.18. The highest BCUT2D eigenvalue weighted by molar-refractivity contribution is 5.80. The minimum Gasteiger partial charge on any atom is -0.354 e. The molecule has 3 rings (SSSR count). The monoisotopic (exact) mass is 347 g/mol. The summed E-state index contributed by atoms with van der Waals surface area (Å²) in [4.78, 5) is 25.1. The Hall–Kier alpha value is -1.95. The van der Waals surface area contributed by atoms with E-state index >= 15 is 0 Å². The first-order valence-electron chi connectivity index (χ1n) is 8.98. The predicted octanol–water partition coefficient (Wildman–Crippen LogP) is 2.13. The summed E-state index contributed by atoms with van der Waals surface area (Å²) >= 11 is 0. The summed E-state index contributed by atoms with van der Waals surface area (Å²) in [6.45, 7) is 1.55. The van der Waals surface area contributed by atoms with Crippen LogP contribution in [0, 0.1) is 5.82 Å². The number of amides is 2. The molecule has 0 unspecified atom stereocenters. The lowest BCUT2D eigenvalue weighted by Gasteiger charge is -2.34. The third-order valence-electron chi connectivity index (χ3n) is 5.38. The van der Waals surface area contributed by atoms with Crippen LogP contribution in [0.4, 0.5) is 4.39 Å². The molecule has 1 aliphatic carbocycles. The number of halogens is 1. The number of carbonyl (C=O) groups is 2. The van der Waals surface area contributed by atoms with Crippen molar-refractivity contribution in [2.24, 2.45) is 0 Å². The van der Waals surface area contributed by atoms with Crippen molar-refractivity contribution in [3.63, 3.8) is 0 Å². The summed E-state index contributed by atoms with van der Waals surface area (Å²) < 4.78 is 13.2. The van der Waals surface area contributed by atoms with E-state index in [2.05, 4.69) is 10.6 Å². The number of nitrogens with one attached hydrogen (secondary N) is 2. The van der Waals surface area contributed by atoms with Crippen LogP contribution in [-0.2, 0) is 9.59 Å². The van der Waals surface area contributed by atoms with Gasteiger partial charge in [-0.2, -0.15) is 0 Å². The zero-order chi connectivity index (χ0) is 18.0. The van der Waals surface area contributed by atoms with Crippen LogP contribution in [0.2, 0.25) is 0 Å². The highest BCUT2D eigenvalue weighted by Crippen LogP contribution is 2.33. The number of nitrogens with zero attached hydrogens (tertiary/aromatic N) is 1. The molecule has 1 aromatic rings. The fourth-order valence-corrected chi connectivity index (χ4v) is 4.13. The molecule has 2 aliphatic rings. The van der Waals surface area contributed by atoms with Gasteiger partial charge in [0.1, 0.15) is 5.82 Å². The molecular weight excluding hydrogens is 321 g/mol. The van der Waals surface area contributed by atoms with Crippen LogP contribution in [0.1, 0.15) is 50.6 Å². The molecular formula is C19H26FN3O2. The van der Waals surface area contributed by atoms with Gasteiger partial charge in [-0.3, -0.25) is 9.59 Å². The molecule has 0 aromatic heterocycles. The maximum Gasteiger partial charge on any atom is 0.224 e. The Kier molecular flexibility index (Phi) is 5.37. The zero-order valence-electron chi connectivity index (χ0n) is 14.8. The number of hydrogen-bond acceptors (Lipinski definition) is 3. The molecule has 2 N–H and O–H groups in total. The van der Waals surface area contributed by atoms with Crippen molar-refractivity contribution >= 4 is 11.8 Å². The third-order valence-corrected chi connectivity index (χ3v) is 5.38. The molecule has 1 heterocycles. The zero-order valence-corrected chi connectivity index (χ0v) is 14.8. The summed E-state index contributed by atoms with van der Waals surface area (Å²) in [5, 5.41) is 6.63. The summed E-state index contributed by atoms with van der Waals surface area (Å²) in [6, 6.07) is 6.98. The second kappa shape index (κ2) is 7.52. The quantitative estimate of drug-likeness (QED) is 0.877. The van der Waals surface area contributed by atoms with Crippen LogP contribution in [0.5, 0.6) is 0 Å². The molecule has 6 heteroatoms. The molecule has 2 amide bonds. The molecule has 136 valence electrons. The van der Waals surface area contributed by atoms with Gasteiger partial charge in [-0.05, 0) is 43.4 Å². The van der Waals surface area contributed by atoms with Gasteiger partial charge in [0.05, 0.1) is 6.04 Å². The van der Waals surface area contributed by atoms with Crippen LogP contribution in [0.15, 0.2) is 24.3 Å². The molecule has 1 saturated heterocycles. The lowest BCUT2D eigenvalue weighted by Crippen LogP contribution is -2.46. The molecule has 0 bridgehead atoms. The molecule has 5 nitrogen and oxygen atoms in total. The van der Waals surface area contributed by atoms with Crippen molar-refractivity contribution in [1.29, 1.82) is 0 Å². The van der Waals surface area contributed by atoms with E-state index < -0.39 is 0 Å². The predicted molar refractivity (Wildman–Crippen MR) is 93.3 cm³/mol. The smallest absolute Gasteiger partial charge is 0.224 e. The Morgan fingerprint density at radius 3 is 2.32 bits per heavy atom. The summed E-state index contributed by atoms with van der Waals surface area (Å²) in [7, 11) is 1.81. The van der Waals surface area contributed by atoms with E-state index in [9.17, 15) is 14.0 Å². The normalized spacial score (nSPS) is 29.7. The highest BCUT2D eigenvalue weighted by atomic mass is 19.1. The van der Waals surface area contributed by atoms with Crippen LogP contribution in [0.25, 0.3) is 0 Å². The van der Waals surface area contributed by atoms with Crippen LogP contribution < -0.4 is 10.6 Å². The average Bonchev–Trinajstić information content (AvgIpc) is 2.84. The molecule has 25 heavy (non-hydrogen) atoms. The molecule has 1 saturated carbocycles. The highest BCUT2D eigenvalue weighted by Gasteiger charge is 2.39. The Morgan fingerprint density at radius 1 is 1.12 bits per heavy atom.